The van der Waals surface area contributed by atoms with Gasteiger partial charge in [-0.2, -0.15) is 4.73 Å². The van der Waals surface area contributed by atoms with E-state index in [-0.39, 0.29) is 11.2 Å². The predicted molar refractivity (Wildman–Crippen MR) is 76.7 cm³/mol. The summed E-state index contributed by atoms with van der Waals surface area (Å²) in [5.41, 5.74) is -0.873. The van der Waals surface area contributed by atoms with Gasteiger partial charge in [-0.25, -0.2) is 14.3 Å². The molecule has 0 aliphatic carbocycles. The number of rotatable bonds is 6. The fraction of sp³-hybridized carbons (Fsp3) is 0.545. The molecule has 10 heteroatoms. The van der Waals surface area contributed by atoms with Crippen LogP contribution in [0.25, 0.3) is 11.2 Å². The minimum Gasteiger partial charge on any atom is -0.333 e. The van der Waals surface area contributed by atoms with Crippen molar-refractivity contribution in [1.82, 2.24) is 18.8 Å². The second-order valence-electron chi connectivity index (χ2n) is 4.49. The molecule has 2 heterocycles. The molecule has 0 fully saturated rings. The van der Waals surface area contributed by atoms with Gasteiger partial charge in [0.05, 0.1) is 6.61 Å². The molecular weight excluding hydrogens is 299 g/mol. The summed E-state index contributed by atoms with van der Waals surface area (Å²) in [6, 6.07) is 0. The van der Waals surface area contributed by atoms with Crippen LogP contribution < -0.4 is 15.9 Å². The van der Waals surface area contributed by atoms with E-state index in [0.717, 1.165) is 22.1 Å². The van der Waals surface area contributed by atoms with Crippen molar-refractivity contribution in [2.45, 2.75) is 19.8 Å². The van der Waals surface area contributed by atoms with Gasteiger partial charge in [-0.1, -0.05) is 13.3 Å². The molecule has 0 aliphatic rings. The third-order valence-corrected chi connectivity index (χ3v) is 3.79. The number of imidazole rings is 1. The van der Waals surface area contributed by atoms with Crippen LogP contribution in [0.5, 0.6) is 0 Å². The quantitative estimate of drug-likeness (QED) is 0.552. The molecule has 116 valence electrons. The van der Waals surface area contributed by atoms with E-state index >= 15 is 0 Å². The zero-order valence-electron chi connectivity index (χ0n) is 12.0. The van der Waals surface area contributed by atoms with Gasteiger partial charge in [0, 0.05) is 14.1 Å². The van der Waals surface area contributed by atoms with Crippen LogP contribution in [0.15, 0.2) is 15.9 Å². The molecule has 1 atom stereocenters. The van der Waals surface area contributed by atoms with Gasteiger partial charge in [-0.15, -0.1) is 0 Å². The van der Waals surface area contributed by atoms with Gasteiger partial charge < -0.3 is 9.15 Å². The highest BCUT2D eigenvalue weighted by Crippen LogP contribution is 2.21. The average molecular weight is 316 g/mol. The van der Waals surface area contributed by atoms with Crippen LogP contribution in [0.4, 0.5) is 0 Å². The van der Waals surface area contributed by atoms with E-state index in [0.29, 0.717) is 6.61 Å². The molecule has 9 nitrogen and oxygen atoms in total. The van der Waals surface area contributed by atoms with Crippen LogP contribution in [0.2, 0.25) is 0 Å². The van der Waals surface area contributed by atoms with Crippen molar-refractivity contribution < 1.29 is 13.7 Å². The van der Waals surface area contributed by atoms with Gasteiger partial charge in [0.25, 0.3) is 5.56 Å². The molecule has 0 saturated heterocycles. The Hall–Kier alpha value is -1.86. The van der Waals surface area contributed by atoms with Crippen LogP contribution in [0.3, 0.4) is 0 Å². The number of aryl methyl sites for hydroxylation is 1. The zero-order chi connectivity index (χ0) is 15.6. The third-order valence-electron chi connectivity index (χ3n) is 3.01. The van der Waals surface area contributed by atoms with Crippen molar-refractivity contribution >= 4 is 19.4 Å². The normalized spacial score (nSPS) is 12.7. The Bertz CT molecular complexity index is 790. The van der Waals surface area contributed by atoms with E-state index in [4.69, 9.17) is 9.15 Å². The van der Waals surface area contributed by atoms with Crippen molar-refractivity contribution in [3.8, 4) is 0 Å². The first-order valence-corrected chi connectivity index (χ1v) is 7.68. The molecule has 1 unspecified atom stereocenters. The van der Waals surface area contributed by atoms with Crippen LogP contribution in [-0.2, 0) is 23.2 Å². The Labute approximate surface area is 120 Å². The lowest BCUT2D eigenvalue weighted by Gasteiger charge is -2.08. The molecule has 0 aliphatic heterocycles. The maximum absolute atomic E-state index is 12.1. The van der Waals surface area contributed by atoms with Crippen molar-refractivity contribution in [3.05, 3.63) is 27.2 Å². The minimum atomic E-state index is -2.79. The fourth-order valence-corrected chi connectivity index (χ4v) is 2.46. The SMILES string of the molecule is CCCCO[PH](=O)On1cnc2c1c(=O)n(C)c(=O)n2C. The number of hydrogen-bond acceptors (Lipinski definition) is 6. The maximum atomic E-state index is 12.1. The summed E-state index contributed by atoms with van der Waals surface area (Å²) in [5, 5.41) is 0. The van der Waals surface area contributed by atoms with E-state index in [1.807, 2.05) is 6.92 Å². The van der Waals surface area contributed by atoms with E-state index in [1.165, 1.54) is 25.0 Å². The standard InChI is InChI=1S/C11H17N4O5P/c1-4-5-6-19-21(18)20-15-7-12-9-8(15)10(16)14(3)11(17)13(9)2/h7,21H,4-6H2,1-3H3. The molecule has 0 amide bonds. The predicted octanol–water partition coefficient (Wildman–Crippen LogP) is 0.0687. The first kappa shape index (κ1) is 15.5. The number of fused-ring (bicyclic) bond motifs is 1. The Morgan fingerprint density at radius 3 is 2.67 bits per heavy atom. The molecule has 0 radical (unpaired) electrons. The Morgan fingerprint density at radius 2 is 2.00 bits per heavy atom. The summed E-state index contributed by atoms with van der Waals surface area (Å²) in [4.78, 5) is 27.8. The maximum Gasteiger partial charge on any atom is 0.387 e. The van der Waals surface area contributed by atoms with E-state index in [1.54, 1.807) is 0 Å². The molecular formula is C11H17N4O5P. The Morgan fingerprint density at radius 1 is 1.29 bits per heavy atom. The van der Waals surface area contributed by atoms with Crippen LogP contribution in [-0.4, -0.2) is 25.5 Å². The smallest absolute Gasteiger partial charge is 0.333 e. The molecule has 2 aromatic rings. The number of nitrogens with zero attached hydrogens (tertiary/aromatic N) is 4. The Balaban J connectivity index is 2.37. The summed E-state index contributed by atoms with van der Waals surface area (Å²) in [7, 11) is 0.0485. The fourth-order valence-electron chi connectivity index (χ4n) is 1.80. The molecule has 0 bridgehead atoms. The first-order chi connectivity index (χ1) is 9.97. The minimum absolute atomic E-state index is 0.0389. The highest BCUT2D eigenvalue weighted by Gasteiger charge is 2.16. The van der Waals surface area contributed by atoms with Gasteiger partial charge in [-0.3, -0.25) is 13.9 Å². The largest absolute Gasteiger partial charge is 0.387 e. The molecule has 0 spiro atoms. The number of aromatic nitrogens is 4. The molecule has 21 heavy (non-hydrogen) atoms. The number of hydrogen-bond donors (Lipinski definition) is 0. The molecule has 0 N–H and O–H groups in total. The lowest BCUT2D eigenvalue weighted by Crippen LogP contribution is -2.37. The van der Waals surface area contributed by atoms with Gasteiger partial charge in [-0.05, 0) is 6.42 Å². The van der Waals surface area contributed by atoms with E-state index in [2.05, 4.69) is 4.98 Å². The third kappa shape index (κ3) is 2.93. The van der Waals surface area contributed by atoms with Gasteiger partial charge in [0.15, 0.2) is 11.2 Å². The van der Waals surface area contributed by atoms with Crippen molar-refractivity contribution in [2.75, 3.05) is 6.61 Å². The van der Waals surface area contributed by atoms with Crippen LogP contribution in [0.1, 0.15) is 19.8 Å². The van der Waals surface area contributed by atoms with E-state index < -0.39 is 19.5 Å². The van der Waals surface area contributed by atoms with Crippen LogP contribution >= 0.6 is 8.25 Å². The second kappa shape index (κ2) is 6.28. The molecule has 0 saturated carbocycles. The lowest BCUT2D eigenvalue weighted by molar-refractivity contribution is 0.211. The van der Waals surface area contributed by atoms with Crippen LogP contribution in [0, 0.1) is 0 Å². The summed E-state index contributed by atoms with van der Waals surface area (Å²) in [5.74, 6) is 0. The molecule has 2 rings (SSSR count). The summed E-state index contributed by atoms with van der Waals surface area (Å²) >= 11 is 0. The number of unbranched alkanes of at least 4 members (excludes halogenated alkanes) is 1. The van der Waals surface area contributed by atoms with Gasteiger partial charge in [0.2, 0.25) is 0 Å². The summed E-state index contributed by atoms with van der Waals surface area (Å²) < 4.78 is 24.9. The van der Waals surface area contributed by atoms with E-state index in [9.17, 15) is 14.2 Å². The first-order valence-electron chi connectivity index (χ1n) is 6.45. The van der Waals surface area contributed by atoms with Gasteiger partial charge in [0.1, 0.15) is 6.33 Å². The van der Waals surface area contributed by atoms with Gasteiger partial charge >= 0.3 is 13.9 Å². The average Bonchev–Trinajstić information content (AvgIpc) is 2.87. The van der Waals surface area contributed by atoms with Crippen molar-refractivity contribution in [2.24, 2.45) is 14.1 Å². The monoisotopic (exact) mass is 316 g/mol. The molecule has 0 aromatic carbocycles. The summed E-state index contributed by atoms with van der Waals surface area (Å²) in [6.07, 6.45) is 2.86. The highest BCUT2D eigenvalue weighted by atomic mass is 31.1. The topological polar surface area (TPSA) is 97.3 Å². The summed E-state index contributed by atoms with van der Waals surface area (Å²) in [6.45, 7) is 2.30. The second-order valence-corrected chi connectivity index (χ2v) is 5.46. The molecule has 2 aromatic heterocycles. The highest BCUT2D eigenvalue weighted by molar-refractivity contribution is 7.33. The van der Waals surface area contributed by atoms with Crippen molar-refractivity contribution in [3.63, 3.8) is 0 Å². The van der Waals surface area contributed by atoms with Crippen molar-refractivity contribution in [1.29, 1.82) is 0 Å². The Kier molecular flexibility index (Phi) is 4.64. The lowest BCUT2D eigenvalue weighted by atomic mass is 10.4. The zero-order valence-corrected chi connectivity index (χ0v) is 13.0.